The van der Waals surface area contributed by atoms with Gasteiger partial charge < -0.3 is 4.74 Å². The van der Waals surface area contributed by atoms with Crippen LogP contribution in [0.1, 0.15) is 5.56 Å². The van der Waals surface area contributed by atoms with Gasteiger partial charge in [0.2, 0.25) is 0 Å². The van der Waals surface area contributed by atoms with Crippen LogP contribution >= 0.6 is 11.3 Å². The largest absolute Gasteiger partial charge is 0.495 e. The second-order valence-corrected chi connectivity index (χ2v) is 6.81. The maximum absolute atomic E-state index is 12.7. The van der Waals surface area contributed by atoms with Gasteiger partial charge in [-0.3, -0.25) is 4.72 Å². The summed E-state index contributed by atoms with van der Waals surface area (Å²) in [6.45, 7) is 0. The van der Waals surface area contributed by atoms with Crippen molar-refractivity contribution in [3.05, 3.63) is 41.3 Å². The molecule has 0 aliphatic heterocycles. The van der Waals surface area contributed by atoms with Gasteiger partial charge in [-0.25, -0.2) is 8.42 Å². The monoisotopic (exact) mass is 337 g/mol. The first-order valence-electron chi connectivity index (χ1n) is 5.55. The number of methoxy groups -OCH3 is 1. The van der Waals surface area contributed by atoms with E-state index in [1.165, 1.54) is 19.2 Å². The van der Waals surface area contributed by atoms with E-state index < -0.39 is 21.8 Å². The van der Waals surface area contributed by atoms with E-state index in [1.54, 1.807) is 5.38 Å². The van der Waals surface area contributed by atoms with Crippen molar-refractivity contribution in [1.82, 2.24) is 0 Å². The van der Waals surface area contributed by atoms with E-state index in [0.717, 1.165) is 23.5 Å². The lowest BCUT2D eigenvalue weighted by Gasteiger charge is -2.14. The lowest BCUT2D eigenvalue weighted by Crippen LogP contribution is -2.13. The molecule has 0 unspecified atom stereocenters. The molecule has 2 aromatic rings. The Morgan fingerprint density at radius 3 is 2.48 bits per heavy atom. The Hall–Kier alpha value is -1.74. The van der Waals surface area contributed by atoms with Gasteiger partial charge in [-0.1, -0.05) is 6.07 Å². The zero-order chi connectivity index (χ0) is 15.7. The fourth-order valence-electron chi connectivity index (χ4n) is 1.58. The highest BCUT2D eigenvalue weighted by molar-refractivity contribution is 7.94. The normalized spacial score (nSPS) is 12.2. The average Bonchev–Trinajstić information content (AvgIpc) is 2.91. The molecule has 114 valence electrons. The van der Waals surface area contributed by atoms with E-state index in [9.17, 15) is 21.6 Å². The third-order valence-electron chi connectivity index (χ3n) is 2.53. The molecule has 9 heteroatoms. The van der Waals surface area contributed by atoms with E-state index in [2.05, 4.69) is 4.72 Å². The molecular weight excluding hydrogens is 327 g/mol. The summed E-state index contributed by atoms with van der Waals surface area (Å²) in [4.78, 5) is 0. The number of thiophene rings is 1. The molecule has 0 aliphatic carbocycles. The molecule has 0 aliphatic rings. The van der Waals surface area contributed by atoms with Gasteiger partial charge in [0, 0.05) is 0 Å². The maximum Gasteiger partial charge on any atom is 0.416 e. The minimum Gasteiger partial charge on any atom is -0.495 e. The van der Waals surface area contributed by atoms with Crippen molar-refractivity contribution < 1.29 is 26.3 Å². The van der Waals surface area contributed by atoms with Crippen molar-refractivity contribution in [1.29, 1.82) is 0 Å². The van der Waals surface area contributed by atoms with E-state index in [1.807, 2.05) is 0 Å². The molecule has 0 fully saturated rings. The van der Waals surface area contributed by atoms with Crippen molar-refractivity contribution in [3.63, 3.8) is 0 Å². The zero-order valence-corrected chi connectivity index (χ0v) is 12.3. The molecule has 1 aromatic carbocycles. The predicted octanol–water partition coefficient (Wildman–Crippen LogP) is 3.58. The smallest absolute Gasteiger partial charge is 0.416 e. The Morgan fingerprint density at radius 2 is 1.95 bits per heavy atom. The van der Waals surface area contributed by atoms with Gasteiger partial charge in [-0.05, 0) is 29.6 Å². The van der Waals surface area contributed by atoms with E-state index >= 15 is 0 Å². The summed E-state index contributed by atoms with van der Waals surface area (Å²) in [5, 5.41) is 1.55. The van der Waals surface area contributed by atoms with Crippen molar-refractivity contribution in [3.8, 4) is 5.75 Å². The van der Waals surface area contributed by atoms with Crippen LogP contribution in [0.15, 0.2) is 39.9 Å². The summed E-state index contributed by atoms with van der Waals surface area (Å²) in [5.41, 5.74) is -1.23. The summed E-state index contributed by atoms with van der Waals surface area (Å²) in [7, 11) is -2.70. The van der Waals surface area contributed by atoms with Crippen LogP contribution in [0.2, 0.25) is 0 Å². The van der Waals surface area contributed by atoms with Crippen LogP contribution in [-0.2, 0) is 16.2 Å². The number of nitrogens with one attached hydrogen (secondary N) is 1. The number of alkyl halides is 3. The van der Waals surface area contributed by atoms with Crippen LogP contribution in [0.5, 0.6) is 5.75 Å². The van der Waals surface area contributed by atoms with Crippen LogP contribution in [-0.4, -0.2) is 15.5 Å². The number of hydrogen-bond donors (Lipinski definition) is 1. The van der Waals surface area contributed by atoms with E-state index in [4.69, 9.17) is 4.74 Å². The third-order valence-corrected chi connectivity index (χ3v) is 5.29. The zero-order valence-electron chi connectivity index (χ0n) is 10.6. The number of benzene rings is 1. The molecule has 0 spiro atoms. The molecule has 1 heterocycles. The molecule has 1 aromatic heterocycles. The summed E-state index contributed by atoms with van der Waals surface area (Å²) in [5.74, 6) is 0.00290. The highest BCUT2D eigenvalue weighted by atomic mass is 32.2. The highest BCUT2D eigenvalue weighted by Gasteiger charge is 2.31. The van der Waals surface area contributed by atoms with Gasteiger partial charge >= 0.3 is 6.18 Å². The van der Waals surface area contributed by atoms with E-state index in [0.29, 0.717) is 6.07 Å². The topological polar surface area (TPSA) is 55.4 Å². The summed E-state index contributed by atoms with van der Waals surface area (Å²) < 4.78 is 69.2. The number of anilines is 1. The number of halogens is 3. The molecule has 0 saturated heterocycles. The molecule has 0 saturated carbocycles. The minimum atomic E-state index is -4.57. The van der Waals surface area contributed by atoms with Crippen molar-refractivity contribution in [2.75, 3.05) is 11.8 Å². The van der Waals surface area contributed by atoms with Gasteiger partial charge in [-0.2, -0.15) is 13.2 Å². The van der Waals surface area contributed by atoms with E-state index in [-0.39, 0.29) is 15.6 Å². The fourth-order valence-corrected chi connectivity index (χ4v) is 3.63. The minimum absolute atomic E-state index is 0.00182. The van der Waals surface area contributed by atoms with Gasteiger partial charge in [-0.15, -0.1) is 11.3 Å². The molecule has 0 amide bonds. The summed E-state index contributed by atoms with van der Waals surface area (Å²) in [6, 6.07) is 5.47. The second kappa shape index (κ2) is 5.57. The molecule has 0 bridgehead atoms. The highest BCUT2D eigenvalue weighted by Crippen LogP contribution is 2.36. The quantitative estimate of drug-likeness (QED) is 0.928. The average molecular weight is 337 g/mol. The maximum atomic E-state index is 12.7. The Bertz CT molecular complexity index is 725. The number of hydrogen-bond acceptors (Lipinski definition) is 4. The van der Waals surface area contributed by atoms with Crippen LogP contribution in [0.4, 0.5) is 18.9 Å². The Balaban J connectivity index is 2.43. The Morgan fingerprint density at radius 1 is 1.24 bits per heavy atom. The number of rotatable bonds is 4. The van der Waals surface area contributed by atoms with Crippen LogP contribution in [0, 0.1) is 0 Å². The first-order chi connectivity index (χ1) is 9.74. The van der Waals surface area contributed by atoms with Crippen molar-refractivity contribution >= 4 is 27.0 Å². The molecular formula is C12H10F3NO3S2. The van der Waals surface area contributed by atoms with Gasteiger partial charge in [0.25, 0.3) is 10.0 Å². The van der Waals surface area contributed by atoms with Gasteiger partial charge in [0.1, 0.15) is 9.96 Å². The van der Waals surface area contributed by atoms with Gasteiger partial charge in [0.05, 0.1) is 18.4 Å². The first kappa shape index (κ1) is 15.6. The second-order valence-electron chi connectivity index (χ2n) is 3.95. The molecule has 0 radical (unpaired) electrons. The molecule has 1 N–H and O–H groups in total. The first-order valence-corrected chi connectivity index (χ1v) is 7.92. The Labute approximate surface area is 123 Å². The number of sulfonamides is 1. The van der Waals surface area contributed by atoms with Crippen LogP contribution in [0.3, 0.4) is 0 Å². The predicted molar refractivity (Wildman–Crippen MR) is 73.1 cm³/mol. The standard InChI is InChI=1S/C12H10F3NO3S2/c1-19-10-5-4-8(12(13,14)15)7-9(10)16-21(17,18)11-3-2-6-20-11/h2-7,16H,1H3. The summed E-state index contributed by atoms with van der Waals surface area (Å²) in [6.07, 6.45) is -4.57. The van der Waals surface area contributed by atoms with Crippen LogP contribution < -0.4 is 9.46 Å². The molecule has 0 atom stereocenters. The third kappa shape index (κ3) is 3.48. The Kier molecular flexibility index (Phi) is 4.15. The lowest BCUT2D eigenvalue weighted by atomic mass is 10.2. The molecule has 2 rings (SSSR count). The van der Waals surface area contributed by atoms with Crippen molar-refractivity contribution in [2.24, 2.45) is 0 Å². The SMILES string of the molecule is COc1ccc(C(F)(F)F)cc1NS(=O)(=O)c1cccs1. The van der Waals surface area contributed by atoms with Crippen molar-refractivity contribution in [2.45, 2.75) is 10.4 Å². The fraction of sp³-hybridized carbons (Fsp3) is 0.167. The lowest BCUT2D eigenvalue weighted by molar-refractivity contribution is -0.137. The number of ether oxygens (including phenoxy) is 1. The summed E-state index contributed by atoms with van der Waals surface area (Å²) >= 11 is 0.959. The van der Waals surface area contributed by atoms with Crippen LogP contribution in [0.25, 0.3) is 0 Å². The molecule has 21 heavy (non-hydrogen) atoms. The van der Waals surface area contributed by atoms with Gasteiger partial charge in [0.15, 0.2) is 0 Å². The molecule has 4 nitrogen and oxygen atoms in total.